The standard InChI is InChI=1S/C8H13NO3/c1-9-4-3-8(7(9)10)11-5-2-6-12-8/h2-6H2,1H3. The van der Waals surface area contributed by atoms with E-state index in [1.807, 2.05) is 0 Å². The van der Waals surface area contributed by atoms with E-state index in [0.717, 1.165) is 13.0 Å². The molecule has 0 bridgehead atoms. The molecule has 1 amide bonds. The third-order valence-electron chi connectivity index (χ3n) is 2.41. The molecule has 0 unspecified atom stereocenters. The van der Waals surface area contributed by atoms with Gasteiger partial charge in [0.15, 0.2) is 0 Å². The summed E-state index contributed by atoms with van der Waals surface area (Å²) in [5, 5.41) is 0. The first-order chi connectivity index (χ1) is 5.75. The smallest absolute Gasteiger partial charge is 0.282 e. The van der Waals surface area contributed by atoms with Crippen molar-refractivity contribution < 1.29 is 14.3 Å². The second-order valence-electron chi connectivity index (χ2n) is 3.28. The average Bonchev–Trinajstić information content (AvgIpc) is 2.37. The van der Waals surface area contributed by atoms with Crippen LogP contribution in [-0.4, -0.2) is 43.4 Å². The van der Waals surface area contributed by atoms with Crippen molar-refractivity contribution in [2.45, 2.75) is 18.6 Å². The molecular weight excluding hydrogens is 158 g/mol. The molecule has 0 radical (unpaired) electrons. The number of ether oxygens (including phenoxy) is 2. The van der Waals surface area contributed by atoms with Crippen LogP contribution in [0.1, 0.15) is 12.8 Å². The summed E-state index contributed by atoms with van der Waals surface area (Å²) >= 11 is 0. The highest BCUT2D eigenvalue weighted by Gasteiger charge is 2.49. The number of likely N-dealkylation sites (tertiary alicyclic amines) is 1. The summed E-state index contributed by atoms with van der Waals surface area (Å²) in [5.41, 5.74) is 0. The van der Waals surface area contributed by atoms with Crippen LogP contribution >= 0.6 is 0 Å². The minimum Gasteiger partial charge on any atom is -0.342 e. The normalized spacial score (nSPS) is 28.4. The summed E-state index contributed by atoms with van der Waals surface area (Å²) < 4.78 is 10.8. The highest BCUT2D eigenvalue weighted by atomic mass is 16.7. The van der Waals surface area contributed by atoms with E-state index in [1.165, 1.54) is 0 Å². The molecule has 0 saturated carbocycles. The molecule has 1 spiro atoms. The Balaban J connectivity index is 2.14. The van der Waals surface area contributed by atoms with Crippen LogP contribution in [0.3, 0.4) is 0 Å². The first-order valence-electron chi connectivity index (χ1n) is 4.28. The van der Waals surface area contributed by atoms with Crippen molar-refractivity contribution in [3.63, 3.8) is 0 Å². The summed E-state index contributed by atoms with van der Waals surface area (Å²) in [4.78, 5) is 13.2. The number of amides is 1. The number of carbonyl (C=O) groups is 1. The molecule has 2 aliphatic rings. The van der Waals surface area contributed by atoms with Gasteiger partial charge in [0.25, 0.3) is 11.7 Å². The molecule has 2 rings (SSSR count). The lowest BCUT2D eigenvalue weighted by molar-refractivity contribution is -0.249. The van der Waals surface area contributed by atoms with Gasteiger partial charge in [0.1, 0.15) is 0 Å². The Bertz CT molecular complexity index is 193. The topological polar surface area (TPSA) is 38.8 Å². The molecule has 2 saturated heterocycles. The van der Waals surface area contributed by atoms with E-state index in [4.69, 9.17) is 9.47 Å². The van der Waals surface area contributed by atoms with Crippen LogP contribution in [0.25, 0.3) is 0 Å². The van der Waals surface area contributed by atoms with Crippen LogP contribution in [0.4, 0.5) is 0 Å². The number of likely N-dealkylation sites (N-methyl/N-ethyl adjacent to an activating group) is 1. The van der Waals surface area contributed by atoms with E-state index in [-0.39, 0.29) is 5.91 Å². The molecule has 2 heterocycles. The first kappa shape index (κ1) is 8.01. The lowest BCUT2D eigenvalue weighted by Gasteiger charge is -2.31. The average molecular weight is 171 g/mol. The molecule has 0 aromatic heterocycles. The fraction of sp³-hybridized carbons (Fsp3) is 0.875. The Morgan fingerprint density at radius 1 is 1.42 bits per heavy atom. The first-order valence-corrected chi connectivity index (χ1v) is 4.28. The fourth-order valence-corrected chi connectivity index (χ4v) is 1.66. The van der Waals surface area contributed by atoms with Gasteiger partial charge in [0, 0.05) is 20.0 Å². The zero-order valence-electron chi connectivity index (χ0n) is 7.21. The molecule has 0 atom stereocenters. The second kappa shape index (κ2) is 2.71. The van der Waals surface area contributed by atoms with Gasteiger partial charge in [0.05, 0.1) is 13.2 Å². The Hall–Kier alpha value is -0.610. The van der Waals surface area contributed by atoms with Crippen LogP contribution in [0.5, 0.6) is 0 Å². The monoisotopic (exact) mass is 171 g/mol. The van der Waals surface area contributed by atoms with Crippen LogP contribution in [-0.2, 0) is 14.3 Å². The molecule has 4 heteroatoms. The maximum absolute atomic E-state index is 11.6. The molecule has 2 aliphatic heterocycles. The van der Waals surface area contributed by atoms with Gasteiger partial charge in [0.2, 0.25) is 0 Å². The predicted molar refractivity (Wildman–Crippen MR) is 41.5 cm³/mol. The Morgan fingerprint density at radius 2 is 2.08 bits per heavy atom. The molecular formula is C8H13NO3. The summed E-state index contributed by atoms with van der Waals surface area (Å²) in [6, 6.07) is 0. The van der Waals surface area contributed by atoms with Crippen molar-refractivity contribution in [2.24, 2.45) is 0 Å². The number of nitrogens with zero attached hydrogens (tertiary/aromatic N) is 1. The Labute approximate surface area is 71.4 Å². The van der Waals surface area contributed by atoms with Gasteiger partial charge in [-0.05, 0) is 6.42 Å². The predicted octanol–water partition coefficient (Wildman–Crippen LogP) is -0.0183. The van der Waals surface area contributed by atoms with E-state index < -0.39 is 5.79 Å². The summed E-state index contributed by atoms with van der Waals surface area (Å²) in [6.07, 6.45) is 1.56. The lowest BCUT2D eigenvalue weighted by atomic mass is 10.2. The minimum atomic E-state index is -0.910. The van der Waals surface area contributed by atoms with E-state index >= 15 is 0 Å². The molecule has 0 aromatic rings. The van der Waals surface area contributed by atoms with Crippen LogP contribution in [0.2, 0.25) is 0 Å². The van der Waals surface area contributed by atoms with Gasteiger partial charge in [-0.3, -0.25) is 4.79 Å². The number of rotatable bonds is 0. The van der Waals surface area contributed by atoms with Crippen LogP contribution in [0, 0.1) is 0 Å². The van der Waals surface area contributed by atoms with Crippen molar-refractivity contribution >= 4 is 5.91 Å². The summed E-state index contributed by atoms with van der Waals surface area (Å²) in [6.45, 7) is 2.01. The van der Waals surface area contributed by atoms with Crippen molar-refractivity contribution in [2.75, 3.05) is 26.8 Å². The highest BCUT2D eigenvalue weighted by molar-refractivity contribution is 5.85. The van der Waals surface area contributed by atoms with Gasteiger partial charge in [-0.25, -0.2) is 0 Å². The number of carbonyl (C=O) groups excluding carboxylic acids is 1. The summed E-state index contributed by atoms with van der Waals surface area (Å²) in [7, 11) is 1.78. The molecule has 0 N–H and O–H groups in total. The van der Waals surface area contributed by atoms with Gasteiger partial charge in [-0.1, -0.05) is 0 Å². The molecule has 4 nitrogen and oxygen atoms in total. The second-order valence-corrected chi connectivity index (χ2v) is 3.28. The van der Waals surface area contributed by atoms with Gasteiger partial charge >= 0.3 is 0 Å². The van der Waals surface area contributed by atoms with Crippen molar-refractivity contribution in [1.82, 2.24) is 4.90 Å². The lowest BCUT2D eigenvalue weighted by Crippen LogP contribution is -2.47. The van der Waals surface area contributed by atoms with E-state index in [2.05, 4.69) is 0 Å². The SMILES string of the molecule is CN1CCC2(OCCCO2)C1=O. The zero-order valence-corrected chi connectivity index (χ0v) is 7.21. The Kier molecular flexibility index (Phi) is 1.81. The number of hydrogen-bond acceptors (Lipinski definition) is 3. The summed E-state index contributed by atoms with van der Waals surface area (Å²) in [5.74, 6) is -0.935. The number of hydrogen-bond donors (Lipinski definition) is 0. The molecule has 68 valence electrons. The van der Waals surface area contributed by atoms with Crippen LogP contribution < -0.4 is 0 Å². The highest BCUT2D eigenvalue weighted by Crippen LogP contribution is 2.30. The van der Waals surface area contributed by atoms with Gasteiger partial charge < -0.3 is 14.4 Å². The minimum absolute atomic E-state index is 0.0257. The van der Waals surface area contributed by atoms with Crippen molar-refractivity contribution in [3.8, 4) is 0 Å². The molecule has 12 heavy (non-hydrogen) atoms. The third-order valence-corrected chi connectivity index (χ3v) is 2.41. The van der Waals surface area contributed by atoms with Gasteiger partial charge in [-0.2, -0.15) is 0 Å². The van der Waals surface area contributed by atoms with Crippen molar-refractivity contribution in [1.29, 1.82) is 0 Å². The molecule has 2 fully saturated rings. The Morgan fingerprint density at radius 3 is 2.58 bits per heavy atom. The maximum Gasteiger partial charge on any atom is 0.282 e. The third kappa shape index (κ3) is 1.03. The molecule has 0 aliphatic carbocycles. The van der Waals surface area contributed by atoms with Crippen LogP contribution in [0.15, 0.2) is 0 Å². The van der Waals surface area contributed by atoms with E-state index in [9.17, 15) is 4.79 Å². The maximum atomic E-state index is 11.6. The van der Waals surface area contributed by atoms with Gasteiger partial charge in [-0.15, -0.1) is 0 Å². The van der Waals surface area contributed by atoms with E-state index in [0.29, 0.717) is 19.6 Å². The largest absolute Gasteiger partial charge is 0.342 e. The zero-order chi connectivity index (χ0) is 8.60. The quantitative estimate of drug-likeness (QED) is 0.514. The van der Waals surface area contributed by atoms with Crippen molar-refractivity contribution in [3.05, 3.63) is 0 Å². The molecule has 0 aromatic carbocycles. The fourth-order valence-electron chi connectivity index (χ4n) is 1.66. The van der Waals surface area contributed by atoms with E-state index in [1.54, 1.807) is 11.9 Å².